The molecule has 0 aliphatic heterocycles. The molecule has 0 amide bonds. The van der Waals surface area contributed by atoms with Crippen molar-refractivity contribution >= 4 is 17.6 Å². The van der Waals surface area contributed by atoms with Crippen LogP contribution < -0.4 is 4.74 Å². The summed E-state index contributed by atoms with van der Waals surface area (Å²) < 4.78 is 5.98. The lowest BCUT2D eigenvalue weighted by Gasteiger charge is -2.12. The molecule has 4 heteroatoms. The van der Waals surface area contributed by atoms with Crippen LogP contribution in [0.2, 0.25) is 5.02 Å². The summed E-state index contributed by atoms with van der Waals surface area (Å²) in [6, 6.07) is 14.2. The summed E-state index contributed by atoms with van der Waals surface area (Å²) in [4.78, 5) is 10.7. The molecule has 1 aliphatic carbocycles. The average molecular weight is 385 g/mol. The van der Waals surface area contributed by atoms with Crippen molar-refractivity contribution in [2.45, 2.75) is 45.4 Å². The third kappa shape index (κ3) is 5.61. The molecule has 2 aromatic rings. The highest BCUT2D eigenvalue weighted by Gasteiger charge is 2.16. The van der Waals surface area contributed by atoms with Gasteiger partial charge in [-0.1, -0.05) is 53.1 Å². The van der Waals surface area contributed by atoms with Gasteiger partial charge in [0, 0.05) is 11.4 Å². The third-order valence-corrected chi connectivity index (χ3v) is 5.35. The minimum atomic E-state index is -0.819. The van der Waals surface area contributed by atoms with Crippen LogP contribution in [0, 0.1) is 6.92 Å². The third-order valence-electron chi connectivity index (χ3n) is 5.00. The van der Waals surface area contributed by atoms with Gasteiger partial charge in [-0.2, -0.15) is 0 Å². The van der Waals surface area contributed by atoms with Gasteiger partial charge in [-0.15, -0.1) is 0 Å². The van der Waals surface area contributed by atoms with E-state index in [1.807, 2.05) is 12.1 Å². The highest BCUT2D eigenvalue weighted by Crippen LogP contribution is 2.30. The number of aryl methyl sites for hydroxylation is 2. The normalized spacial score (nSPS) is 13.9. The molecule has 27 heavy (non-hydrogen) atoms. The fraction of sp³-hybridized carbons (Fsp3) is 0.348. The van der Waals surface area contributed by atoms with Gasteiger partial charge in [0.15, 0.2) is 0 Å². The van der Waals surface area contributed by atoms with Crippen LogP contribution in [-0.4, -0.2) is 17.7 Å². The second-order valence-corrected chi connectivity index (χ2v) is 7.57. The molecule has 0 saturated heterocycles. The first-order valence-corrected chi connectivity index (χ1v) is 9.77. The molecule has 3 rings (SSSR count). The summed E-state index contributed by atoms with van der Waals surface area (Å²) in [7, 11) is 0. The predicted molar refractivity (Wildman–Crippen MR) is 109 cm³/mol. The van der Waals surface area contributed by atoms with Crippen LogP contribution in [0.5, 0.6) is 5.75 Å². The molecular formula is C23H25ClO3. The summed E-state index contributed by atoms with van der Waals surface area (Å²) >= 11 is 6.27. The summed E-state index contributed by atoms with van der Waals surface area (Å²) in [6.45, 7) is 2.71. The number of halogens is 1. The van der Waals surface area contributed by atoms with E-state index >= 15 is 0 Å². The average Bonchev–Trinajstić information content (AvgIpc) is 3.06. The van der Waals surface area contributed by atoms with Crippen molar-refractivity contribution in [1.29, 1.82) is 0 Å². The number of carboxylic acids is 1. The first-order valence-electron chi connectivity index (χ1n) is 9.39. The van der Waals surface area contributed by atoms with Gasteiger partial charge in [0.2, 0.25) is 0 Å². The molecule has 3 nitrogen and oxygen atoms in total. The van der Waals surface area contributed by atoms with Crippen molar-refractivity contribution in [3.63, 3.8) is 0 Å². The van der Waals surface area contributed by atoms with Crippen LogP contribution in [0.25, 0.3) is 0 Å². The predicted octanol–water partition coefficient (Wildman–Crippen LogP) is 5.77. The number of ether oxygens (including phenoxy) is 1. The number of hydrogen-bond acceptors (Lipinski definition) is 2. The van der Waals surface area contributed by atoms with Gasteiger partial charge in [-0.25, -0.2) is 0 Å². The van der Waals surface area contributed by atoms with E-state index in [0.29, 0.717) is 18.1 Å². The van der Waals surface area contributed by atoms with Gasteiger partial charge in [0.05, 0.1) is 0 Å². The minimum absolute atomic E-state index is 0.0785. The van der Waals surface area contributed by atoms with Crippen molar-refractivity contribution < 1.29 is 14.6 Å². The smallest absolute Gasteiger partial charge is 0.303 e. The molecule has 0 spiro atoms. The monoisotopic (exact) mass is 384 g/mol. The van der Waals surface area contributed by atoms with E-state index in [-0.39, 0.29) is 6.42 Å². The molecule has 0 radical (unpaired) electrons. The molecule has 1 N–H and O–H groups in total. The lowest BCUT2D eigenvalue weighted by atomic mass is 10.0. The molecule has 0 unspecified atom stereocenters. The molecule has 0 bridgehead atoms. The van der Waals surface area contributed by atoms with E-state index in [9.17, 15) is 4.79 Å². The fourth-order valence-electron chi connectivity index (χ4n) is 3.56. The number of aliphatic carboxylic acids is 1. The summed E-state index contributed by atoms with van der Waals surface area (Å²) in [5, 5.41) is 9.36. The number of benzene rings is 2. The summed E-state index contributed by atoms with van der Waals surface area (Å²) in [5.41, 5.74) is 6.37. The zero-order chi connectivity index (χ0) is 19.2. The molecule has 0 aromatic heterocycles. The van der Waals surface area contributed by atoms with Crippen molar-refractivity contribution in [2.75, 3.05) is 6.61 Å². The van der Waals surface area contributed by atoms with E-state index in [0.717, 1.165) is 30.6 Å². The van der Waals surface area contributed by atoms with Crippen LogP contribution in [0.1, 0.15) is 42.4 Å². The van der Waals surface area contributed by atoms with Gasteiger partial charge in [-0.05, 0) is 67.9 Å². The van der Waals surface area contributed by atoms with Crippen molar-refractivity contribution in [2.24, 2.45) is 0 Å². The molecule has 2 aromatic carbocycles. The highest BCUT2D eigenvalue weighted by molar-refractivity contribution is 6.31. The van der Waals surface area contributed by atoms with Gasteiger partial charge >= 0.3 is 5.97 Å². The Kier molecular flexibility index (Phi) is 6.57. The van der Waals surface area contributed by atoms with Crippen molar-refractivity contribution in [1.82, 2.24) is 0 Å². The van der Waals surface area contributed by atoms with E-state index in [1.54, 1.807) is 6.07 Å². The number of hydrogen-bond donors (Lipinski definition) is 1. The molecule has 0 saturated carbocycles. The standard InChI is InChI=1S/C23H25ClO3/c1-16-4-2-5-17(12-16)13-19-6-3-7-20(19)15-27-21-10-8-18(22(24)14-21)9-11-23(25)26/h2,4-5,8,10,12,14H,3,6-7,9,11,13,15H2,1H3,(H,25,26). The van der Waals surface area contributed by atoms with Crippen LogP contribution in [-0.2, 0) is 17.6 Å². The SMILES string of the molecule is Cc1cccc(CC2=C(COc3ccc(CCC(=O)O)c(Cl)c3)CCC2)c1. The van der Waals surface area contributed by atoms with E-state index in [4.69, 9.17) is 21.4 Å². The van der Waals surface area contributed by atoms with Crippen LogP contribution in [0.15, 0.2) is 53.6 Å². The zero-order valence-corrected chi connectivity index (χ0v) is 16.4. The maximum atomic E-state index is 10.7. The fourth-order valence-corrected chi connectivity index (χ4v) is 3.82. The van der Waals surface area contributed by atoms with Crippen molar-refractivity contribution in [3.05, 3.63) is 75.3 Å². The number of allylic oxidation sites excluding steroid dienone is 1. The molecule has 0 heterocycles. The zero-order valence-electron chi connectivity index (χ0n) is 15.6. The Morgan fingerprint density at radius 1 is 1.15 bits per heavy atom. The summed E-state index contributed by atoms with van der Waals surface area (Å²) in [6.07, 6.45) is 4.92. The maximum Gasteiger partial charge on any atom is 0.303 e. The van der Waals surface area contributed by atoms with E-state index in [2.05, 4.69) is 31.2 Å². The highest BCUT2D eigenvalue weighted by atomic mass is 35.5. The molecule has 142 valence electrons. The van der Waals surface area contributed by atoms with Crippen LogP contribution in [0.3, 0.4) is 0 Å². The van der Waals surface area contributed by atoms with Crippen molar-refractivity contribution in [3.8, 4) is 5.75 Å². The quantitative estimate of drug-likeness (QED) is 0.588. The van der Waals surface area contributed by atoms with E-state index in [1.165, 1.54) is 28.7 Å². The second-order valence-electron chi connectivity index (χ2n) is 7.16. The molecule has 0 fully saturated rings. The first kappa shape index (κ1) is 19.5. The topological polar surface area (TPSA) is 46.5 Å². The Balaban J connectivity index is 1.62. The van der Waals surface area contributed by atoms with E-state index < -0.39 is 5.97 Å². The minimum Gasteiger partial charge on any atom is -0.489 e. The molecule has 1 aliphatic rings. The van der Waals surface area contributed by atoms with Crippen LogP contribution in [0.4, 0.5) is 0 Å². The largest absolute Gasteiger partial charge is 0.489 e. The van der Waals surface area contributed by atoms with Gasteiger partial charge in [0.25, 0.3) is 0 Å². The van der Waals surface area contributed by atoms with Gasteiger partial charge in [-0.3, -0.25) is 4.79 Å². The lowest BCUT2D eigenvalue weighted by molar-refractivity contribution is -0.136. The first-order chi connectivity index (χ1) is 13.0. The Morgan fingerprint density at radius 2 is 1.96 bits per heavy atom. The van der Waals surface area contributed by atoms with Crippen LogP contribution >= 0.6 is 11.6 Å². The Morgan fingerprint density at radius 3 is 2.70 bits per heavy atom. The second kappa shape index (κ2) is 9.09. The van der Waals surface area contributed by atoms with Gasteiger partial charge in [0.1, 0.15) is 12.4 Å². The lowest BCUT2D eigenvalue weighted by Crippen LogP contribution is -2.03. The maximum absolute atomic E-state index is 10.7. The number of rotatable bonds is 8. The number of carbonyl (C=O) groups is 1. The van der Waals surface area contributed by atoms with Gasteiger partial charge < -0.3 is 9.84 Å². The summed E-state index contributed by atoms with van der Waals surface area (Å²) in [5.74, 6) is -0.0888. The molecular weight excluding hydrogens is 360 g/mol. The number of carboxylic acid groups (broad SMARTS) is 1. The Bertz CT molecular complexity index is 854. The molecule has 0 atom stereocenters. The Hall–Kier alpha value is -2.26. The Labute approximate surface area is 165 Å².